The molecule has 23 heavy (non-hydrogen) atoms. The molecule has 0 heterocycles. The summed E-state index contributed by atoms with van der Waals surface area (Å²) >= 11 is 2.40. The van der Waals surface area contributed by atoms with E-state index in [0.29, 0.717) is 16.6 Å². The van der Waals surface area contributed by atoms with Gasteiger partial charge in [-0.2, -0.15) is 0 Å². The molecular formula is C20H31IOSi. The first-order valence-corrected chi connectivity index (χ1v) is 11.9. The van der Waals surface area contributed by atoms with Gasteiger partial charge in [-0.15, -0.1) is 11.5 Å². The number of benzene rings is 1. The highest BCUT2D eigenvalue weighted by atomic mass is 127. The molecule has 0 spiro atoms. The van der Waals surface area contributed by atoms with Crippen LogP contribution in [0.15, 0.2) is 18.2 Å². The van der Waals surface area contributed by atoms with Gasteiger partial charge in [0.1, 0.15) is 13.8 Å². The topological polar surface area (TPSA) is 9.23 Å². The molecule has 1 aromatic carbocycles. The second kappa shape index (κ2) is 9.13. The molecule has 1 nitrogen and oxygen atoms in total. The fourth-order valence-corrected chi connectivity index (χ4v) is 9.62. The minimum atomic E-state index is -1.58. The van der Waals surface area contributed by atoms with Crippen molar-refractivity contribution < 1.29 is 4.74 Å². The molecule has 0 aliphatic rings. The lowest BCUT2D eigenvalue weighted by Gasteiger charge is -2.38. The lowest BCUT2D eigenvalue weighted by Crippen LogP contribution is -2.43. The lowest BCUT2D eigenvalue weighted by atomic mass is 10.1. The van der Waals surface area contributed by atoms with E-state index >= 15 is 0 Å². The molecule has 128 valence electrons. The van der Waals surface area contributed by atoms with Gasteiger partial charge in [0.15, 0.2) is 0 Å². The van der Waals surface area contributed by atoms with E-state index < -0.39 is 8.07 Å². The van der Waals surface area contributed by atoms with Crippen molar-refractivity contribution in [3.8, 4) is 17.2 Å². The Hall–Kier alpha value is -0.473. The van der Waals surface area contributed by atoms with Crippen LogP contribution >= 0.6 is 22.6 Å². The molecule has 0 saturated heterocycles. The van der Waals surface area contributed by atoms with E-state index in [2.05, 4.69) is 87.7 Å². The van der Waals surface area contributed by atoms with Gasteiger partial charge in [0.05, 0.1) is 7.11 Å². The van der Waals surface area contributed by atoms with Gasteiger partial charge >= 0.3 is 0 Å². The second-order valence-electron chi connectivity index (χ2n) is 7.16. The lowest BCUT2D eigenvalue weighted by molar-refractivity contribution is 0.414. The molecule has 1 rings (SSSR count). The van der Waals surface area contributed by atoms with Crippen molar-refractivity contribution in [2.45, 2.75) is 71.0 Å². The monoisotopic (exact) mass is 442 g/mol. The summed E-state index contributed by atoms with van der Waals surface area (Å²) in [5.41, 5.74) is 7.25. The maximum absolute atomic E-state index is 5.33. The van der Waals surface area contributed by atoms with Crippen molar-refractivity contribution in [3.05, 3.63) is 27.3 Å². The Labute approximate surface area is 157 Å². The largest absolute Gasteiger partial charge is 0.497 e. The van der Waals surface area contributed by atoms with Crippen LogP contribution in [0.3, 0.4) is 0 Å². The molecule has 0 radical (unpaired) electrons. The number of aryl methyl sites for hydroxylation is 1. The highest BCUT2D eigenvalue weighted by Gasteiger charge is 2.41. The van der Waals surface area contributed by atoms with Gasteiger partial charge in [-0.3, -0.25) is 0 Å². The highest BCUT2D eigenvalue weighted by Crippen LogP contribution is 2.40. The van der Waals surface area contributed by atoms with Crippen LogP contribution in [0.4, 0.5) is 0 Å². The SMILES string of the molecule is COc1ccc(I)c(CCC#C[Si](C(C)C)(C(C)C)C(C)C)c1. The minimum absolute atomic E-state index is 0.701. The van der Waals surface area contributed by atoms with Crippen LogP contribution in [0.1, 0.15) is 53.5 Å². The molecule has 0 bridgehead atoms. The molecule has 3 heteroatoms. The molecule has 0 aliphatic carbocycles. The summed E-state index contributed by atoms with van der Waals surface area (Å²) in [5, 5.41) is 0. The molecular weight excluding hydrogens is 411 g/mol. The van der Waals surface area contributed by atoms with Gasteiger partial charge in [-0.25, -0.2) is 0 Å². The van der Waals surface area contributed by atoms with E-state index in [1.165, 1.54) is 9.13 Å². The Bertz CT molecular complexity index is 545. The van der Waals surface area contributed by atoms with Crippen molar-refractivity contribution in [1.29, 1.82) is 0 Å². The Kier molecular flexibility index (Phi) is 8.16. The fourth-order valence-electron chi connectivity index (χ4n) is 3.72. The first-order chi connectivity index (χ1) is 10.8. The van der Waals surface area contributed by atoms with Crippen molar-refractivity contribution in [2.75, 3.05) is 7.11 Å². The van der Waals surface area contributed by atoms with Gasteiger partial charge in [0.25, 0.3) is 0 Å². The van der Waals surface area contributed by atoms with Crippen molar-refractivity contribution in [3.63, 3.8) is 0 Å². The van der Waals surface area contributed by atoms with Gasteiger partial charge in [0, 0.05) is 9.99 Å². The first-order valence-electron chi connectivity index (χ1n) is 8.58. The quantitative estimate of drug-likeness (QED) is 0.279. The average molecular weight is 442 g/mol. The Balaban J connectivity index is 2.91. The standard InChI is InChI=1S/C20H31IOSi/c1-15(2)23(16(3)4,17(5)6)13-9-8-10-18-14-19(22-7)11-12-20(18)21/h11-12,14-17H,8,10H2,1-7H3. The van der Waals surface area contributed by atoms with Crippen LogP contribution in [-0.2, 0) is 6.42 Å². The molecule has 0 aromatic heterocycles. The molecule has 1 aromatic rings. The van der Waals surface area contributed by atoms with Crippen LogP contribution in [0.5, 0.6) is 5.75 Å². The van der Waals surface area contributed by atoms with Crippen LogP contribution in [-0.4, -0.2) is 15.2 Å². The number of rotatable bonds is 6. The van der Waals surface area contributed by atoms with E-state index in [-0.39, 0.29) is 0 Å². The van der Waals surface area contributed by atoms with Gasteiger partial charge in [-0.05, 0) is 69.4 Å². The molecule has 0 saturated carbocycles. The zero-order valence-electron chi connectivity index (χ0n) is 15.7. The van der Waals surface area contributed by atoms with Gasteiger partial charge in [0.2, 0.25) is 0 Å². The number of ether oxygens (including phenoxy) is 1. The maximum Gasteiger partial charge on any atom is 0.145 e. The molecule has 0 unspecified atom stereocenters. The van der Waals surface area contributed by atoms with E-state index in [1.54, 1.807) is 7.11 Å². The maximum atomic E-state index is 5.33. The van der Waals surface area contributed by atoms with Crippen molar-refractivity contribution >= 4 is 30.7 Å². The summed E-state index contributed by atoms with van der Waals surface area (Å²) in [6.07, 6.45) is 1.94. The molecule has 0 fully saturated rings. The number of methoxy groups -OCH3 is 1. The Morgan fingerprint density at radius 2 is 1.61 bits per heavy atom. The van der Waals surface area contributed by atoms with Crippen molar-refractivity contribution in [1.82, 2.24) is 0 Å². The molecule has 0 amide bonds. The zero-order chi connectivity index (χ0) is 17.6. The zero-order valence-corrected chi connectivity index (χ0v) is 18.8. The summed E-state index contributed by atoms with van der Waals surface area (Å²) < 4.78 is 6.63. The first kappa shape index (κ1) is 20.6. The predicted molar refractivity (Wildman–Crippen MR) is 113 cm³/mol. The normalized spacial score (nSPS) is 11.8. The highest BCUT2D eigenvalue weighted by molar-refractivity contribution is 14.1. The third kappa shape index (κ3) is 5.00. The summed E-state index contributed by atoms with van der Waals surface area (Å²) in [6.45, 7) is 14.2. The van der Waals surface area contributed by atoms with Crippen molar-refractivity contribution in [2.24, 2.45) is 0 Å². The van der Waals surface area contributed by atoms with Gasteiger partial charge < -0.3 is 4.74 Å². The summed E-state index contributed by atoms with van der Waals surface area (Å²) in [5.74, 6) is 4.49. The van der Waals surface area contributed by atoms with Crippen LogP contribution in [0, 0.1) is 15.0 Å². The average Bonchev–Trinajstić information content (AvgIpc) is 2.47. The minimum Gasteiger partial charge on any atom is -0.497 e. The summed E-state index contributed by atoms with van der Waals surface area (Å²) in [6, 6.07) is 6.28. The number of hydrogen-bond donors (Lipinski definition) is 0. The molecule has 0 aliphatic heterocycles. The van der Waals surface area contributed by atoms with E-state index in [9.17, 15) is 0 Å². The summed E-state index contributed by atoms with van der Waals surface area (Å²) in [7, 11) is 0.137. The second-order valence-corrected chi connectivity index (χ2v) is 13.9. The fraction of sp³-hybridized carbons (Fsp3) is 0.600. The third-order valence-corrected chi connectivity index (χ3v) is 12.3. The van der Waals surface area contributed by atoms with E-state index in [0.717, 1.165) is 18.6 Å². The van der Waals surface area contributed by atoms with Crippen LogP contribution in [0.2, 0.25) is 16.6 Å². The van der Waals surface area contributed by atoms with Gasteiger partial charge in [-0.1, -0.05) is 41.5 Å². The Morgan fingerprint density at radius 3 is 2.09 bits per heavy atom. The smallest absolute Gasteiger partial charge is 0.145 e. The van der Waals surface area contributed by atoms with E-state index in [1.807, 2.05) is 6.07 Å². The van der Waals surface area contributed by atoms with Crippen LogP contribution < -0.4 is 4.74 Å². The predicted octanol–water partition coefficient (Wildman–Crippen LogP) is 6.45. The number of hydrogen-bond acceptors (Lipinski definition) is 1. The molecule has 0 atom stereocenters. The molecule has 0 N–H and O–H groups in total. The number of halogens is 1. The van der Waals surface area contributed by atoms with E-state index in [4.69, 9.17) is 4.74 Å². The third-order valence-electron chi connectivity index (χ3n) is 4.94. The summed E-state index contributed by atoms with van der Waals surface area (Å²) in [4.78, 5) is 0. The Morgan fingerprint density at radius 1 is 1.04 bits per heavy atom. The van der Waals surface area contributed by atoms with Crippen LogP contribution in [0.25, 0.3) is 0 Å².